The maximum absolute atomic E-state index is 12.6. The number of aryl methyl sites for hydroxylation is 1. The van der Waals surface area contributed by atoms with Crippen LogP contribution in [0.5, 0.6) is 0 Å². The second kappa shape index (κ2) is 6.43. The molecule has 0 saturated carbocycles. The van der Waals surface area contributed by atoms with Gasteiger partial charge in [-0.3, -0.25) is 19.6 Å². The zero-order valence-corrected chi connectivity index (χ0v) is 14.1. The molecule has 0 radical (unpaired) electrons. The Balaban J connectivity index is 1.77. The van der Waals surface area contributed by atoms with E-state index >= 15 is 0 Å². The first-order valence-electron chi connectivity index (χ1n) is 7.94. The van der Waals surface area contributed by atoms with Crippen molar-refractivity contribution in [3.05, 3.63) is 51.7 Å². The predicted octanol–water partition coefficient (Wildman–Crippen LogP) is 1.17. The van der Waals surface area contributed by atoms with Gasteiger partial charge in [-0.2, -0.15) is 0 Å². The van der Waals surface area contributed by atoms with E-state index in [0.717, 1.165) is 17.8 Å². The summed E-state index contributed by atoms with van der Waals surface area (Å²) in [4.78, 5) is 39.4. The zero-order valence-electron chi connectivity index (χ0n) is 14.1. The third-order valence-electron chi connectivity index (χ3n) is 4.22. The van der Waals surface area contributed by atoms with Crippen molar-refractivity contribution >= 4 is 11.9 Å². The molecule has 24 heavy (non-hydrogen) atoms. The van der Waals surface area contributed by atoms with Gasteiger partial charge in [0.15, 0.2) is 0 Å². The molecule has 1 atom stereocenters. The molecule has 1 aliphatic heterocycles. The van der Waals surface area contributed by atoms with Gasteiger partial charge in [-0.15, -0.1) is 0 Å². The standard InChI is InChI=1S/C17H21N5O2/c1-11-4-5-12(9-18-11)16(24)22-7-6-13(10-22)14-8-15(23)20-17(19-14)21(2)3/h4-5,8-9,13H,6-7,10H2,1-3H3,(H,19,20,23)/t13-/m0/s1. The van der Waals surface area contributed by atoms with Crippen molar-refractivity contribution in [3.8, 4) is 0 Å². The Morgan fingerprint density at radius 1 is 1.38 bits per heavy atom. The van der Waals surface area contributed by atoms with Crippen LogP contribution in [0.4, 0.5) is 5.95 Å². The number of likely N-dealkylation sites (tertiary alicyclic amines) is 1. The minimum atomic E-state index is -0.170. The SMILES string of the molecule is Cc1ccc(C(=O)N2CC[C@H](c3cc(=O)[nH]c(N(C)C)n3)C2)cn1. The van der Waals surface area contributed by atoms with E-state index in [2.05, 4.69) is 15.0 Å². The number of carbonyl (C=O) groups is 1. The second-order valence-corrected chi connectivity index (χ2v) is 6.31. The van der Waals surface area contributed by atoms with Crippen molar-refractivity contribution in [2.75, 3.05) is 32.1 Å². The highest BCUT2D eigenvalue weighted by atomic mass is 16.2. The van der Waals surface area contributed by atoms with Crippen LogP contribution >= 0.6 is 0 Å². The summed E-state index contributed by atoms with van der Waals surface area (Å²) in [5.41, 5.74) is 2.04. The van der Waals surface area contributed by atoms with Crippen LogP contribution in [0.3, 0.4) is 0 Å². The first-order chi connectivity index (χ1) is 11.4. The van der Waals surface area contributed by atoms with E-state index in [1.54, 1.807) is 22.1 Å². The van der Waals surface area contributed by atoms with E-state index in [0.29, 0.717) is 24.6 Å². The molecule has 1 N–H and O–H groups in total. The second-order valence-electron chi connectivity index (χ2n) is 6.31. The van der Waals surface area contributed by atoms with Crippen molar-refractivity contribution < 1.29 is 4.79 Å². The number of nitrogens with one attached hydrogen (secondary N) is 1. The molecule has 0 bridgehead atoms. The van der Waals surface area contributed by atoms with Crippen LogP contribution in [0, 0.1) is 6.92 Å². The minimum absolute atomic E-state index is 0.0253. The normalized spacial score (nSPS) is 17.1. The lowest BCUT2D eigenvalue weighted by Crippen LogP contribution is -2.29. The van der Waals surface area contributed by atoms with E-state index in [1.807, 2.05) is 27.1 Å². The smallest absolute Gasteiger partial charge is 0.255 e. The van der Waals surface area contributed by atoms with Gasteiger partial charge < -0.3 is 9.80 Å². The number of hydrogen-bond acceptors (Lipinski definition) is 5. The Kier molecular flexibility index (Phi) is 4.33. The van der Waals surface area contributed by atoms with Gasteiger partial charge in [0.1, 0.15) is 0 Å². The number of aromatic amines is 1. The first kappa shape index (κ1) is 16.2. The van der Waals surface area contributed by atoms with Gasteiger partial charge in [0.05, 0.1) is 11.3 Å². The van der Waals surface area contributed by atoms with Crippen molar-refractivity contribution in [3.63, 3.8) is 0 Å². The first-order valence-corrected chi connectivity index (χ1v) is 7.94. The number of carbonyl (C=O) groups excluding carboxylic acids is 1. The summed E-state index contributed by atoms with van der Waals surface area (Å²) >= 11 is 0. The fourth-order valence-corrected chi connectivity index (χ4v) is 2.85. The Morgan fingerprint density at radius 2 is 2.17 bits per heavy atom. The lowest BCUT2D eigenvalue weighted by molar-refractivity contribution is 0.0790. The molecule has 126 valence electrons. The van der Waals surface area contributed by atoms with Crippen LogP contribution in [0.15, 0.2) is 29.2 Å². The molecule has 3 rings (SSSR count). The van der Waals surface area contributed by atoms with Gasteiger partial charge in [0.2, 0.25) is 5.95 Å². The summed E-state index contributed by atoms with van der Waals surface area (Å²) in [7, 11) is 3.66. The van der Waals surface area contributed by atoms with Crippen LogP contribution in [0.25, 0.3) is 0 Å². The van der Waals surface area contributed by atoms with Crippen molar-refractivity contribution in [1.29, 1.82) is 0 Å². The van der Waals surface area contributed by atoms with Crippen LogP contribution in [-0.2, 0) is 0 Å². The molecule has 0 aliphatic carbocycles. The lowest BCUT2D eigenvalue weighted by Gasteiger charge is -2.17. The van der Waals surface area contributed by atoms with Gasteiger partial charge in [0.25, 0.3) is 11.5 Å². The van der Waals surface area contributed by atoms with E-state index in [-0.39, 0.29) is 17.4 Å². The van der Waals surface area contributed by atoms with Gasteiger partial charge in [0, 0.05) is 51.1 Å². The molecule has 1 fully saturated rings. The Bertz CT molecular complexity index is 797. The maximum Gasteiger partial charge on any atom is 0.255 e. The highest BCUT2D eigenvalue weighted by Crippen LogP contribution is 2.26. The van der Waals surface area contributed by atoms with Gasteiger partial charge in [-0.05, 0) is 25.5 Å². The van der Waals surface area contributed by atoms with Crippen molar-refractivity contribution in [2.45, 2.75) is 19.3 Å². The molecule has 1 saturated heterocycles. The van der Waals surface area contributed by atoms with E-state index in [9.17, 15) is 9.59 Å². The van der Waals surface area contributed by atoms with Gasteiger partial charge in [-0.25, -0.2) is 4.98 Å². The maximum atomic E-state index is 12.6. The van der Waals surface area contributed by atoms with Crippen molar-refractivity contribution in [2.24, 2.45) is 0 Å². The number of pyridine rings is 1. The summed E-state index contributed by atoms with van der Waals surface area (Å²) in [5, 5.41) is 0. The summed E-state index contributed by atoms with van der Waals surface area (Å²) in [5.74, 6) is 0.584. The molecular weight excluding hydrogens is 306 g/mol. The minimum Gasteiger partial charge on any atom is -0.348 e. The topological polar surface area (TPSA) is 82.2 Å². The van der Waals surface area contributed by atoms with Crippen LogP contribution in [0.2, 0.25) is 0 Å². The number of hydrogen-bond donors (Lipinski definition) is 1. The Morgan fingerprint density at radius 3 is 2.83 bits per heavy atom. The van der Waals surface area contributed by atoms with E-state index in [1.165, 1.54) is 6.07 Å². The molecule has 1 amide bonds. The molecule has 2 aromatic heterocycles. The van der Waals surface area contributed by atoms with Crippen LogP contribution in [-0.4, -0.2) is 52.9 Å². The van der Waals surface area contributed by atoms with Crippen LogP contribution in [0.1, 0.15) is 34.1 Å². The molecule has 3 heterocycles. The lowest BCUT2D eigenvalue weighted by atomic mass is 10.1. The largest absolute Gasteiger partial charge is 0.348 e. The molecule has 0 unspecified atom stereocenters. The molecule has 2 aromatic rings. The molecule has 0 spiro atoms. The Hall–Kier alpha value is -2.70. The molecule has 1 aliphatic rings. The van der Waals surface area contributed by atoms with Gasteiger partial charge >= 0.3 is 0 Å². The third kappa shape index (κ3) is 3.29. The summed E-state index contributed by atoms with van der Waals surface area (Å²) < 4.78 is 0. The number of aromatic nitrogens is 3. The predicted molar refractivity (Wildman–Crippen MR) is 91.4 cm³/mol. The highest BCUT2D eigenvalue weighted by Gasteiger charge is 2.29. The monoisotopic (exact) mass is 327 g/mol. The molecule has 0 aromatic carbocycles. The number of anilines is 1. The van der Waals surface area contributed by atoms with E-state index < -0.39 is 0 Å². The summed E-state index contributed by atoms with van der Waals surface area (Å²) in [6.45, 7) is 3.11. The summed E-state index contributed by atoms with van der Waals surface area (Å²) in [6, 6.07) is 5.16. The highest BCUT2D eigenvalue weighted by molar-refractivity contribution is 5.94. The van der Waals surface area contributed by atoms with E-state index in [4.69, 9.17) is 0 Å². The number of nitrogens with zero attached hydrogens (tertiary/aromatic N) is 4. The Labute approximate surface area is 140 Å². The van der Waals surface area contributed by atoms with Gasteiger partial charge in [-0.1, -0.05) is 0 Å². The molecular formula is C17H21N5O2. The average molecular weight is 327 g/mol. The number of amides is 1. The molecule has 7 heteroatoms. The van der Waals surface area contributed by atoms with Crippen LogP contribution < -0.4 is 10.5 Å². The fourth-order valence-electron chi connectivity index (χ4n) is 2.85. The van der Waals surface area contributed by atoms with Crippen molar-refractivity contribution in [1.82, 2.24) is 19.9 Å². The average Bonchev–Trinajstić information content (AvgIpc) is 3.04. The number of H-pyrrole nitrogens is 1. The zero-order chi connectivity index (χ0) is 17.3. The number of rotatable bonds is 3. The molecule has 7 nitrogen and oxygen atoms in total. The summed E-state index contributed by atoms with van der Waals surface area (Å²) in [6.07, 6.45) is 2.41. The quantitative estimate of drug-likeness (QED) is 0.915. The fraction of sp³-hybridized carbons (Fsp3) is 0.412. The third-order valence-corrected chi connectivity index (χ3v) is 4.22.